The fourth-order valence-electron chi connectivity index (χ4n) is 2.01. The summed E-state index contributed by atoms with van der Waals surface area (Å²) in [6.07, 6.45) is 0. The number of hydrogen-bond acceptors (Lipinski definition) is 3. The summed E-state index contributed by atoms with van der Waals surface area (Å²) in [6.45, 7) is 12.1. The van der Waals surface area contributed by atoms with Crippen LogP contribution < -0.4 is 0 Å². The van der Waals surface area contributed by atoms with Gasteiger partial charge in [-0.2, -0.15) is 0 Å². The Kier molecular flexibility index (Phi) is 8.86. The zero-order valence-electron chi connectivity index (χ0n) is 12.8. The summed E-state index contributed by atoms with van der Waals surface area (Å²) in [4.78, 5) is 2.37. The Morgan fingerprint density at radius 2 is 1.95 bits per heavy atom. The Bertz CT molecular complexity index is 379. The third-order valence-electron chi connectivity index (χ3n) is 3.15. The van der Waals surface area contributed by atoms with Crippen molar-refractivity contribution < 1.29 is 9.47 Å². The molecule has 3 nitrogen and oxygen atoms in total. The third-order valence-corrected chi connectivity index (χ3v) is 3.57. The predicted molar refractivity (Wildman–Crippen MR) is 84.5 cm³/mol. The summed E-state index contributed by atoms with van der Waals surface area (Å²) in [5.74, 6) is 0. The SMILES string of the molecule is CC.Cc1cc(COCCN2CCOCC2)ccc1Cl. The first-order valence-corrected chi connectivity index (χ1v) is 7.76. The summed E-state index contributed by atoms with van der Waals surface area (Å²) in [5, 5.41) is 0.812. The van der Waals surface area contributed by atoms with Crippen molar-refractivity contribution in [2.75, 3.05) is 39.5 Å². The minimum atomic E-state index is 0.655. The van der Waals surface area contributed by atoms with Gasteiger partial charge >= 0.3 is 0 Å². The van der Waals surface area contributed by atoms with Crippen LogP contribution in [0, 0.1) is 6.92 Å². The zero-order valence-corrected chi connectivity index (χ0v) is 13.6. The second-order valence-corrected chi connectivity index (χ2v) is 5.00. The van der Waals surface area contributed by atoms with Crippen LogP contribution in [0.5, 0.6) is 0 Å². The molecule has 0 N–H and O–H groups in total. The molecule has 1 aromatic carbocycles. The van der Waals surface area contributed by atoms with E-state index < -0.39 is 0 Å². The molecule has 0 unspecified atom stereocenters. The number of nitrogens with zero attached hydrogens (tertiary/aromatic N) is 1. The molecule has 1 aromatic rings. The van der Waals surface area contributed by atoms with Gasteiger partial charge in [-0.1, -0.05) is 37.6 Å². The Morgan fingerprint density at radius 1 is 1.25 bits per heavy atom. The molecular weight excluding hydrogens is 274 g/mol. The van der Waals surface area contributed by atoms with Crippen molar-refractivity contribution in [1.82, 2.24) is 4.90 Å². The van der Waals surface area contributed by atoms with E-state index in [0.29, 0.717) is 6.61 Å². The molecule has 0 spiro atoms. The number of hydrogen-bond donors (Lipinski definition) is 0. The van der Waals surface area contributed by atoms with Crippen LogP contribution >= 0.6 is 11.6 Å². The van der Waals surface area contributed by atoms with Gasteiger partial charge in [-0.15, -0.1) is 0 Å². The topological polar surface area (TPSA) is 21.7 Å². The molecule has 2 rings (SSSR count). The fraction of sp³-hybridized carbons (Fsp3) is 0.625. The van der Waals surface area contributed by atoms with Gasteiger partial charge in [0.15, 0.2) is 0 Å². The molecule has 0 bridgehead atoms. The first-order valence-electron chi connectivity index (χ1n) is 7.38. The number of benzene rings is 1. The minimum Gasteiger partial charge on any atom is -0.379 e. The fourth-order valence-corrected chi connectivity index (χ4v) is 2.12. The smallest absolute Gasteiger partial charge is 0.0717 e. The van der Waals surface area contributed by atoms with E-state index in [1.165, 1.54) is 5.56 Å². The lowest BCUT2D eigenvalue weighted by atomic mass is 10.1. The van der Waals surface area contributed by atoms with Crippen molar-refractivity contribution in [2.24, 2.45) is 0 Å². The Morgan fingerprint density at radius 3 is 2.60 bits per heavy atom. The van der Waals surface area contributed by atoms with Crippen LogP contribution in [-0.4, -0.2) is 44.4 Å². The van der Waals surface area contributed by atoms with Crippen LogP contribution in [0.15, 0.2) is 18.2 Å². The molecule has 0 atom stereocenters. The molecule has 1 aliphatic heterocycles. The third kappa shape index (κ3) is 6.23. The lowest BCUT2D eigenvalue weighted by Crippen LogP contribution is -2.38. The second-order valence-electron chi connectivity index (χ2n) is 4.59. The summed E-state index contributed by atoms with van der Waals surface area (Å²) >= 11 is 5.98. The molecule has 1 saturated heterocycles. The molecule has 4 heteroatoms. The van der Waals surface area contributed by atoms with Crippen LogP contribution in [0.1, 0.15) is 25.0 Å². The van der Waals surface area contributed by atoms with Crippen LogP contribution in [0.2, 0.25) is 5.02 Å². The predicted octanol–water partition coefficient (Wildman–Crippen LogP) is 3.52. The second kappa shape index (κ2) is 10.2. The van der Waals surface area contributed by atoms with Gasteiger partial charge in [-0.3, -0.25) is 4.90 Å². The highest BCUT2D eigenvalue weighted by Crippen LogP contribution is 2.16. The maximum atomic E-state index is 5.98. The van der Waals surface area contributed by atoms with Crippen LogP contribution in [-0.2, 0) is 16.1 Å². The van der Waals surface area contributed by atoms with E-state index in [-0.39, 0.29) is 0 Å². The summed E-state index contributed by atoms with van der Waals surface area (Å²) in [7, 11) is 0. The largest absolute Gasteiger partial charge is 0.379 e. The van der Waals surface area contributed by atoms with E-state index in [9.17, 15) is 0 Å². The van der Waals surface area contributed by atoms with Crippen molar-refractivity contribution >= 4 is 11.6 Å². The van der Waals surface area contributed by atoms with Crippen molar-refractivity contribution in [1.29, 1.82) is 0 Å². The molecule has 0 saturated carbocycles. The number of ether oxygens (including phenoxy) is 2. The van der Waals surface area contributed by atoms with E-state index >= 15 is 0 Å². The maximum Gasteiger partial charge on any atom is 0.0717 e. The van der Waals surface area contributed by atoms with Crippen LogP contribution in [0.25, 0.3) is 0 Å². The van der Waals surface area contributed by atoms with Crippen LogP contribution in [0.3, 0.4) is 0 Å². The highest BCUT2D eigenvalue weighted by molar-refractivity contribution is 6.31. The lowest BCUT2D eigenvalue weighted by Gasteiger charge is -2.26. The number of rotatable bonds is 5. The number of morpholine rings is 1. The van der Waals surface area contributed by atoms with E-state index in [1.807, 2.05) is 32.9 Å². The van der Waals surface area contributed by atoms with Gasteiger partial charge in [0, 0.05) is 24.7 Å². The number of halogens is 1. The molecule has 0 radical (unpaired) electrons. The van der Waals surface area contributed by atoms with Gasteiger partial charge in [-0.05, 0) is 24.1 Å². The highest BCUT2D eigenvalue weighted by Gasteiger charge is 2.09. The molecule has 1 fully saturated rings. The molecule has 1 aliphatic rings. The molecule has 0 aromatic heterocycles. The minimum absolute atomic E-state index is 0.655. The average Bonchev–Trinajstić information content (AvgIpc) is 2.50. The maximum absolute atomic E-state index is 5.98. The Balaban J connectivity index is 0.000000956. The molecule has 114 valence electrons. The van der Waals surface area contributed by atoms with E-state index in [4.69, 9.17) is 21.1 Å². The Labute approximate surface area is 127 Å². The Hall–Kier alpha value is -0.610. The van der Waals surface area contributed by atoms with E-state index in [2.05, 4.69) is 11.0 Å². The molecule has 20 heavy (non-hydrogen) atoms. The zero-order chi connectivity index (χ0) is 14.8. The normalized spacial score (nSPS) is 15.6. The van der Waals surface area contributed by atoms with E-state index in [0.717, 1.165) is 50.0 Å². The van der Waals surface area contributed by atoms with Gasteiger partial charge in [-0.25, -0.2) is 0 Å². The van der Waals surface area contributed by atoms with Gasteiger partial charge < -0.3 is 9.47 Å². The standard InChI is InChI=1S/C14H20ClNO2.C2H6/c1-12-10-13(2-3-14(12)15)11-18-9-6-16-4-7-17-8-5-16;1-2/h2-3,10H,4-9,11H2,1H3;1-2H3. The molecule has 0 amide bonds. The van der Waals surface area contributed by atoms with Gasteiger partial charge in [0.2, 0.25) is 0 Å². The summed E-state index contributed by atoms with van der Waals surface area (Å²) in [5.41, 5.74) is 2.28. The van der Waals surface area contributed by atoms with Gasteiger partial charge in [0.25, 0.3) is 0 Å². The van der Waals surface area contributed by atoms with Crippen molar-refractivity contribution in [3.8, 4) is 0 Å². The van der Waals surface area contributed by atoms with Crippen molar-refractivity contribution in [3.05, 3.63) is 34.3 Å². The highest BCUT2D eigenvalue weighted by atomic mass is 35.5. The van der Waals surface area contributed by atoms with E-state index in [1.54, 1.807) is 0 Å². The van der Waals surface area contributed by atoms with Crippen molar-refractivity contribution in [3.63, 3.8) is 0 Å². The van der Waals surface area contributed by atoms with Gasteiger partial charge in [0.1, 0.15) is 0 Å². The monoisotopic (exact) mass is 299 g/mol. The first kappa shape index (κ1) is 17.4. The van der Waals surface area contributed by atoms with Gasteiger partial charge in [0.05, 0.1) is 26.4 Å². The lowest BCUT2D eigenvalue weighted by molar-refractivity contribution is 0.0180. The first-order chi connectivity index (χ1) is 9.75. The molecular formula is C16H26ClNO2. The molecule has 1 heterocycles. The molecule has 0 aliphatic carbocycles. The average molecular weight is 300 g/mol. The van der Waals surface area contributed by atoms with Crippen molar-refractivity contribution in [2.45, 2.75) is 27.4 Å². The summed E-state index contributed by atoms with van der Waals surface area (Å²) < 4.78 is 11.0. The quantitative estimate of drug-likeness (QED) is 0.777. The summed E-state index contributed by atoms with van der Waals surface area (Å²) in [6, 6.07) is 6.03. The van der Waals surface area contributed by atoms with Crippen LogP contribution in [0.4, 0.5) is 0 Å². The number of aryl methyl sites for hydroxylation is 1.